The molecule has 0 aliphatic carbocycles. The Morgan fingerprint density at radius 1 is 1.53 bits per heavy atom. The van der Waals surface area contributed by atoms with Crippen molar-refractivity contribution in [3.05, 3.63) is 34.3 Å². The summed E-state index contributed by atoms with van der Waals surface area (Å²) in [6.45, 7) is 2.76. The molecule has 0 bridgehead atoms. The lowest BCUT2D eigenvalue weighted by Crippen LogP contribution is -2.25. The monoisotopic (exact) mass is 294 g/mol. The average Bonchev–Trinajstić information content (AvgIpc) is 2.61. The predicted molar refractivity (Wildman–Crippen MR) is 72.4 cm³/mol. The Bertz CT molecular complexity index is 470. The van der Waals surface area contributed by atoms with Crippen molar-refractivity contribution in [2.45, 2.75) is 19.4 Å². The molecule has 1 aromatic rings. The van der Waals surface area contributed by atoms with Gasteiger partial charge >= 0.3 is 0 Å². The first kappa shape index (κ1) is 12.3. The molecule has 0 radical (unpaired) electrons. The van der Waals surface area contributed by atoms with E-state index in [0.29, 0.717) is 0 Å². The Labute approximate surface area is 110 Å². The smallest absolute Gasteiger partial charge is 0.247 e. The minimum atomic E-state index is -0.195. The summed E-state index contributed by atoms with van der Waals surface area (Å²) >= 11 is 3.43. The summed E-state index contributed by atoms with van der Waals surface area (Å²) in [6, 6.07) is 7.78. The highest BCUT2D eigenvalue weighted by molar-refractivity contribution is 9.10. The molecule has 17 heavy (non-hydrogen) atoms. The van der Waals surface area contributed by atoms with E-state index in [4.69, 9.17) is 0 Å². The van der Waals surface area contributed by atoms with Crippen LogP contribution < -0.4 is 0 Å². The third-order valence-electron chi connectivity index (χ3n) is 2.99. The first-order chi connectivity index (χ1) is 8.08. The zero-order valence-electron chi connectivity index (χ0n) is 9.98. The average molecular weight is 295 g/mol. The van der Waals surface area contributed by atoms with Gasteiger partial charge in [-0.05, 0) is 31.0 Å². The van der Waals surface area contributed by atoms with Crippen molar-refractivity contribution >= 4 is 27.5 Å². The first-order valence-corrected chi connectivity index (χ1v) is 6.42. The number of aliphatic imine (C=N–C) groups is 1. The van der Waals surface area contributed by atoms with Gasteiger partial charge in [0, 0.05) is 23.8 Å². The fraction of sp³-hybridized carbons (Fsp3) is 0.385. The van der Waals surface area contributed by atoms with E-state index < -0.39 is 0 Å². The summed E-state index contributed by atoms with van der Waals surface area (Å²) in [5, 5.41) is 0. The van der Waals surface area contributed by atoms with E-state index in [0.717, 1.165) is 28.7 Å². The van der Waals surface area contributed by atoms with Gasteiger partial charge in [-0.15, -0.1) is 0 Å². The maximum absolute atomic E-state index is 11.7. The summed E-state index contributed by atoms with van der Waals surface area (Å²) in [5.41, 5.74) is 1.97. The van der Waals surface area contributed by atoms with Crippen LogP contribution in [0.1, 0.15) is 18.9 Å². The number of nitrogens with zero attached hydrogens (tertiary/aromatic N) is 2. The van der Waals surface area contributed by atoms with Gasteiger partial charge in [0.2, 0.25) is 5.91 Å². The van der Waals surface area contributed by atoms with Gasteiger partial charge in [0.25, 0.3) is 0 Å². The fourth-order valence-corrected chi connectivity index (χ4v) is 2.34. The molecule has 1 aliphatic heterocycles. The number of benzene rings is 1. The zero-order valence-corrected chi connectivity index (χ0v) is 11.6. The van der Waals surface area contributed by atoms with Crippen LogP contribution in [0.15, 0.2) is 33.7 Å². The molecule has 1 saturated heterocycles. The van der Waals surface area contributed by atoms with Crippen LogP contribution in [0, 0.1) is 0 Å². The van der Waals surface area contributed by atoms with Gasteiger partial charge in [-0.1, -0.05) is 28.1 Å². The number of carbonyl (C=O) groups is 1. The van der Waals surface area contributed by atoms with E-state index in [9.17, 15) is 4.79 Å². The molecule has 1 aliphatic rings. The third-order valence-corrected chi connectivity index (χ3v) is 3.48. The van der Waals surface area contributed by atoms with Crippen LogP contribution in [0.4, 0.5) is 0 Å². The number of hydrogen-bond donors (Lipinski definition) is 0. The van der Waals surface area contributed by atoms with Crippen molar-refractivity contribution in [1.29, 1.82) is 0 Å². The molecule has 4 heteroatoms. The first-order valence-electron chi connectivity index (χ1n) is 5.63. The second-order valence-electron chi connectivity index (χ2n) is 4.29. The van der Waals surface area contributed by atoms with E-state index >= 15 is 0 Å². The molecule has 0 spiro atoms. The molecule has 0 saturated carbocycles. The van der Waals surface area contributed by atoms with Crippen LogP contribution in [0.3, 0.4) is 0 Å². The molecule has 3 nitrogen and oxygen atoms in total. The molecule has 0 aromatic heterocycles. The van der Waals surface area contributed by atoms with E-state index in [-0.39, 0.29) is 11.9 Å². The second-order valence-corrected chi connectivity index (χ2v) is 5.20. The van der Waals surface area contributed by atoms with Crippen molar-refractivity contribution < 1.29 is 4.79 Å². The maximum Gasteiger partial charge on any atom is 0.247 e. The lowest BCUT2D eigenvalue weighted by Gasteiger charge is -2.08. The van der Waals surface area contributed by atoms with E-state index in [1.54, 1.807) is 4.90 Å². The maximum atomic E-state index is 11.7. The van der Waals surface area contributed by atoms with Crippen molar-refractivity contribution in [3.63, 3.8) is 0 Å². The minimum Gasteiger partial charge on any atom is -0.344 e. The number of amides is 1. The third kappa shape index (κ3) is 2.75. The lowest BCUT2D eigenvalue weighted by atomic mass is 10.1. The molecule has 0 N–H and O–H groups in total. The van der Waals surface area contributed by atoms with Crippen molar-refractivity contribution in [2.24, 2.45) is 4.99 Å². The standard InChI is InChI=1S/C13H15BrN2O/c1-9(10-4-3-5-11(14)8-10)15-12-6-7-16(2)13(12)17/h3-5,8,12H,6-7H2,1-2H3. The van der Waals surface area contributed by atoms with Gasteiger partial charge in [-0.3, -0.25) is 9.79 Å². The lowest BCUT2D eigenvalue weighted by molar-refractivity contribution is -0.127. The van der Waals surface area contributed by atoms with Crippen LogP contribution in [0.2, 0.25) is 0 Å². The summed E-state index contributed by atoms with van der Waals surface area (Å²) in [6.07, 6.45) is 0.820. The van der Waals surface area contributed by atoms with E-state index in [1.165, 1.54) is 0 Å². The number of carbonyl (C=O) groups excluding carboxylic acids is 1. The number of likely N-dealkylation sites (N-methyl/N-ethyl adjacent to an activating group) is 1. The van der Waals surface area contributed by atoms with Gasteiger partial charge in [0.15, 0.2) is 0 Å². The summed E-state index contributed by atoms with van der Waals surface area (Å²) in [4.78, 5) is 18.0. The molecular formula is C13H15BrN2O. The second kappa shape index (κ2) is 5.00. The van der Waals surface area contributed by atoms with E-state index in [2.05, 4.69) is 20.9 Å². The molecule has 1 aromatic carbocycles. The fourth-order valence-electron chi connectivity index (χ4n) is 1.95. The van der Waals surface area contributed by atoms with Crippen molar-refractivity contribution in [3.8, 4) is 0 Å². The normalized spacial score (nSPS) is 21.1. The summed E-state index contributed by atoms with van der Waals surface area (Å²) in [5.74, 6) is 0.124. The molecule has 1 unspecified atom stereocenters. The van der Waals surface area contributed by atoms with Crippen LogP contribution in [-0.2, 0) is 4.79 Å². The molecule has 1 heterocycles. The van der Waals surface area contributed by atoms with Crippen LogP contribution in [0.5, 0.6) is 0 Å². The molecular weight excluding hydrogens is 280 g/mol. The van der Waals surface area contributed by atoms with Crippen LogP contribution in [0.25, 0.3) is 0 Å². The minimum absolute atomic E-state index is 0.124. The van der Waals surface area contributed by atoms with Gasteiger partial charge in [0.1, 0.15) is 6.04 Å². The van der Waals surface area contributed by atoms with Gasteiger partial charge < -0.3 is 4.90 Å². The summed E-state index contributed by atoms with van der Waals surface area (Å²) < 4.78 is 1.03. The molecule has 1 atom stereocenters. The SMILES string of the molecule is CC(=NC1CCN(C)C1=O)c1cccc(Br)c1. The van der Waals surface area contributed by atoms with Crippen LogP contribution in [-0.4, -0.2) is 36.2 Å². The Balaban J connectivity index is 2.20. The van der Waals surface area contributed by atoms with Crippen molar-refractivity contribution in [2.75, 3.05) is 13.6 Å². The number of likely N-dealkylation sites (tertiary alicyclic amines) is 1. The van der Waals surface area contributed by atoms with Gasteiger partial charge in [-0.2, -0.15) is 0 Å². The van der Waals surface area contributed by atoms with Crippen molar-refractivity contribution in [1.82, 2.24) is 4.90 Å². The van der Waals surface area contributed by atoms with Gasteiger partial charge in [-0.25, -0.2) is 0 Å². The topological polar surface area (TPSA) is 32.7 Å². The quantitative estimate of drug-likeness (QED) is 0.772. The van der Waals surface area contributed by atoms with Crippen LogP contribution >= 0.6 is 15.9 Å². The molecule has 90 valence electrons. The highest BCUT2D eigenvalue weighted by atomic mass is 79.9. The zero-order chi connectivity index (χ0) is 12.4. The largest absolute Gasteiger partial charge is 0.344 e. The Hall–Kier alpha value is -1.16. The Kier molecular flexibility index (Phi) is 3.62. The molecule has 1 amide bonds. The number of halogens is 1. The highest BCUT2D eigenvalue weighted by Crippen LogP contribution is 2.16. The van der Waals surface area contributed by atoms with Gasteiger partial charge in [0.05, 0.1) is 0 Å². The Morgan fingerprint density at radius 2 is 2.29 bits per heavy atom. The number of rotatable bonds is 2. The molecule has 2 rings (SSSR count). The molecule has 1 fully saturated rings. The summed E-state index contributed by atoms with van der Waals surface area (Å²) in [7, 11) is 1.83. The highest BCUT2D eigenvalue weighted by Gasteiger charge is 2.28. The Morgan fingerprint density at radius 3 is 2.88 bits per heavy atom. The van der Waals surface area contributed by atoms with E-state index in [1.807, 2.05) is 38.2 Å². The predicted octanol–water partition coefficient (Wildman–Crippen LogP) is 2.49. The number of hydrogen-bond acceptors (Lipinski definition) is 2.